The number of alkyl halides is 1. The van der Waals surface area contributed by atoms with Gasteiger partial charge in [-0.15, -0.1) is 0 Å². The van der Waals surface area contributed by atoms with Gasteiger partial charge in [0.15, 0.2) is 6.61 Å². The summed E-state index contributed by atoms with van der Waals surface area (Å²) in [5.41, 5.74) is 0.445. The van der Waals surface area contributed by atoms with Crippen molar-refractivity contribution in [3.63, 3.8) is 0 Å². The maximum absolute atomic E-state index is 12.6. The van der Waals surface area contributed by atoms with E-state index in [4.69, 9.17) is 4.74 Å². The Labute approximate surface area is 136 Å². The van der Waals surface area contributed by atoms with Gasteiger partial charge in [-0.3, -0.25) is 14.5 Å². The highest BCUT2D eigenvalue weighted by molar-refractivity contribution is 9.09. The van der Waals surface area contributed by atoms with Crippen molar-refractivity contribution in [2.75, 3.05) is 25.6 Å². The number of rotatable bonds is 5. The topological polar surface area (TPSA) is 72.9 Å². The maximum atomic E-state index is 12.6. The number of hydrogen-bond donors (Lipinski definition) is 0. The summed E-state index contributed by atoms with van der Waals surface area (Å²) in [6.07, 6.45) is 1.56. The minimum absolute atomic E-state index is 0.190. The van der Waals surface area contributed by atoms with Gasteiger partial charge in [0.1, 0.15) is 5.75 Å². The zero-order valence-electron chi connectivity index (χ0n) is 12.1. The molecule has 0 radical (unpaired) electrons. The van der Waals surface area contributed by atoms with Crippen molar-refractivity contribution < 1.29 is 23.9 Å². The number of nitrogens with zero attached hydrogens (tertiary/aromatic N) is 1. The molecule has 1 aliphatic rings. The lowest BCUT2D eigenvalue weighted by Gasteiger charge is -2.17. The summed E-state index contributed by atoms with van der Waals surface area (Å²) >= 11 is 3.31. The van der Waals surface area contributed by atoms with Crippen LogP contribution in [0.3, 0.4) is 0 Å². The Balaban J connectivity index is 2.31. The van der Waals surface area contributed by atoms with Crippen molar-refractivity contribution in [1.82, 2.24) is 4.90 Å². The van der Waals surface area contributed by atoms with E-state index >= 15 is 0 Å². The van der Waals surface area contributed by atoms with E-state index in [1.807, 2.05) is 0 Å². The predicted molar refractivity (Wildman–Crippen MR) is 82.3 cm³/mol. The van der Waals surface area contributed by atoms with E-state index in [2.05, 4.69) is 20.7 Å². The van der Waals surface area contributed by atoms with E-state index in [0.29, 0.717) is 18.7 Å². The van der Waals surface area contributed by atoms with Gasteiger partial charge in [-0.1, -0.05) is 15.9 Å². The largest absolute Gasteiger partial charge is 0.483 e. The molecular weight excluding hydrogens is 354 g/mol. The van der Waals surface area contributed by atoms with Crippen LogP contribution in [0, 0.1) is 0 Å². The molecule has 1 aromatic rings. The van der Waals surface area contributed by atoms with Gasteiger partial charge in [0.2, 0.25) is 0 Å². The number of halogens is 1. The molecule has 0 aliphatic carbocycles. The summed E-state index contributed by atoms with van der Waals surface area (Å²) in [6, 6.07) is 4.41. The van der Waals surface area contributed by atoms with Crippen LogP contribution in [-0.4, -0.2) is 48.3 Å². The van der Waals surface area contributed by atoms with Crippen LogP contribution in [0.1, 0.15) is 33.6 Å². The van der Waals surface area contributed by atoms with E-state index in [-0.39, 0.29) is 23.6 Å². The number of unbranched alkanes of at least 4 members (excludes halogenated alkanes) is 1. The molecule has 0 unspecified atom stereocenters. The van der Waals surface area contributed by atoms with Crippen LogP contribution in [0.25, 0.3) is 0 Å². The molecule has 2 rings (SSSR count). The Bertz CT molecular complexity index is 602. The van der Waals surface area contributed by atoms with Crippen molar-refractivity contribution in [3.05, 3.63) is 29.3 Å². The van der Waals surface area contributed by atoms with Crippen LogP contribution in [0.4, 0.5) is 0 Å². The number of carbonyl (C=O) groups excluding carboxylic acids is 3. The number of methoxy groups -OCH3 is 1. The molecule has 0 fully saturated rings. The highest BCUT2D eigenvalue weighted by atomic mass is 79.9. The average molecular weight is 370 g/mol. The molecule has 118 valence electrons. The quantitative estimate of drug-likeness (QED) is 0.343. The monoisotopic (exact) mass is 369 g/mol. The van der Waals surface area contributed by atoms with Crippen molar-refractivity contribution in [2.24, 2.45) is 0 Å². The van der Waals surface area contributed by atoms with Crippen LogP contribution < -0.4 is 4.74 Å². The van der Waals surface area contributed by atoms with Crippen LogP contribution in [0.2, 0.25) is 0 Å². The van der Waals surface area contributed by atoms with Crippen LogP contribution in [0.15, 0.2) is 18.2 Å². The minimum atomic E-state index is -0.544. The second-order valence-corrected chi connectivity index (χ2v) is 5.53. The highest BCUT2D eigenvalue weighted by Gasteiger charge is 2.29. The molecule has 0 saturated carbocycles. The highest BCUT2D eigenvalue weighted by Crippen LogP contribution is 2.25. The van der Waals surface area contributed by atoms with E-state index in [0.717, 1.165) is 11.8 Å². The summed E-state index contributed by atoms with van der Waals surface area (Å²) in [5.74, 6) is -1.07. The van der Waals surface area contributed by atoms with Crippen LogP contribution in [0.5, 0.6) is 5.75 Å². The number of ether oxygens (including phenoxy) is 2. The summed E-state index contributed by atoms with van der Waals surface area (Å²) in [6.45, 7) is 0.138. The predicted octanol–water partition coefficient (Wildman–Crippen LogP) is 2.01. The molecule has 1 heterocycles. The summed E-state index contributed by atoms with van der Waals surface area (Å²) < 4.78 is 10.0. The maximum Gasteiger partial charge on any atom is 0.337 e. The first-order chi connectivity index (χ1) is 10.6. The molecule has 1 aliphatic heterocycles. The molecule has 7 heteroatoms. The van der Waals surface area contributed by atoms with E-state index in [1.165, 1.54) is 30.2 Å². The zero-order chi connectivity index (χ0) is 16.1. The standard InChI is InChI=1S/C15H16BrNO5/c1-21-15(20)10-4-5-12-11(8-10)14(19)17(7-3-2-6-16)13(18)9-22-12/h4-5,8H,2-3,6-7,9H2,1H3. The molecular formula is C15H16BrNO5. The minimum Gasteiger partial charge on any atom is -0.483 e. The molecule has 0 N–H and O–H groups in total. The van der Waals surface area contributed by atoms with Gasteiger partial charge in [0.25, 0.3) is 11.8 Å². The summed E-state index contributed by atoms with van der Waals surface area (Å²) in [4.78, 5) is 37.4. The lowest BCUT2D eigenvalue weighted by molar-refractivity contribution is -0.130. The molecule has 0 bridgehead atoms. The van der Waals surface area contributed by atoms with Gasteiger partial charge in [-0.05, 0) is 31.0 Å². The van der Waals surface area contributed by atoms with Gasteiger partial charge in [-0.2, -0.15) is 0 Å². The van der Waals surface area contributed by atoms with Gasteiger partial charge in [-0.25, -0.2) is 4.79 Å². The fourth-order valence-corrected chi connectivity index (χ4v) is 2.53. The molecule has 6 nitrogen and oxygen atoms in total. The Morgan fingerprint density at radius 2 is 2.14 bits per heavy atom. The zero-order valence-corrected chi connectivity index (χ0v) is 13.7. The van der Waals surface area contributed by atoms with Gasteiger partial charge < -0.3 is 9.47 Å². The molecule has 0 spiro atoms. The smallest absolute Gasteiger partial charge is 0.337 e. The number of carbonyl (C=O) groups is 3. The van der Waals surface area contributed by atoms with Crippen LogP contribution in [-0.2, 0) is 9.53 Å². The average Bonchev–Trinajstić information content (AvgIpc) is 2.65. The third kappa shape index (κ3) is 3.47. The lowest BCUT2D eigenvalue weighted by atomic mass is 10.1. The Hall–Kier alpha value is -1.89. The number of fused-ring (bicyclic) bond motifs is 1. The second-order valence-electron chi connectivity index (χ2n) is 4.74. The Morgan fingerprint density at radius 1 is 1.36 bits per heavy atom. The fraction of sp³-hybridized carbons (Fsp3) is 0.400. The van der Waals surface area contributed by atoms with Gasteiger partial charge >= 0.3 is 5.97 Å². The van der Waals surface area contributed by atoms with Gasteiger partial charge in [0, 0.05) is 11.9 Å². The summed E-state index contributed by atoms with van der Waals surface area (Å²) in [5, 5.41) is 0.808. The van der Waals surface area contributed by atoms with E-state index in [9.17, 15) is 14.4 Å². The van der Waals surface area contributed by atoms with Gasteiger partial charge in [0.05, 0.1) is 18.2 Å². The first-order valence-electron chi connectivity index (χ1n) is 6.84. The molecule has 0 atom stereocenters. The third-order valence-corrected chi connectivity index (χ3v) is 3.85. The molecule has 22 heavy (non-hydrogen) atoms. The van der Waals surface area contributed by atoms with Crippen molar-refractivity contribution >= 4 is 33.7 Å². The van der Waals surface area contributed by atoms with Crippen molar-refractivity contribution in [3.8, 4) is 5.75 Å². The van der Waals surface area contributed by atoms with Crippen molar-refractivity contribution in [1.29, 1.82) is 0 Å². The first kappa shape index (κ1) is 16.5. The number of amides is 2. The number of benzene rings is 1. The third-order valence-electron chi connectivity index (χ3n) is 3.29. The second kappa shape index (κ2) is 7.40. The normalized spacial score (nSPS) is 14.2. The Kier molecular flexibility index (Phi) is 5.54. The number of imide groups is 1. The van der Waals surface area contributed by atoms with Crippen LogP contribution >= 0.6 is 15.9 Å². The SMILES string of the molecule is COC(=O)c1ccc2c(c1)C(=O)N(CCCCBr)C(=O)CO2. The summed E-state index contributed by atoms with van der Waals surface area (Å²) in [7, 11) is 1.27. The lowest BCUT2D eigenvalue weighted by Crippen LogP contribution is -2.38. The number of hydrogen-bond acceptors (Lipinski definition) is 5. The van der Waals surface area contributed by atoms with Crippen molar-refractivity contribution in [2.45, 2.75) is 12.8 Å². The molecule has 1 aromatic carbocycles. The molecule has 2 amide bonds. The van der Waals surface area contributed by atoms with E-state index < -0.39 is 11.9 Å². The molecule has 0 aromatic heterocycles. The number of esters is 1. The first-order valence-corrected chi connectivity index (χ1v) is 7.96. The van der Waals surface area contributed by atoms with E-state index in [1.54, 1.807) is 0 Å². The molecule has 0 saturated heterocycles. The fourth-order valence-electron chi connectivity index (χ4n) is 2.13. The Morgan fingerprint density at radius 3 is 2.82 bits per heavy atom.